The summed E-state index contributed by atoms with van der Waals surface area (Å²) in [5.41, 5.74) is 0.922. The molecule has 0 heterocycles. The molecule has 1 aromatic carbocycles. The summed E-state index contributed by atoms with van der Waals surface area (Å²) >= 11 is 2.10. The summed E-state index contributed by atoms with van der Waals surface area (Å²) < 4.78 is 13.4. The standard InChI is InChI=1S/C9H8FIO/c10-8-3-1-7(2-4-8)9(11)5-6-12/h1-5,12H,6H2/b9-5-. The molecular formula is C9H8FIO. The Labute approximate surface area is 84.1 Å². The molecule has 1 N–H and O–H groups in total. The van der Waals surface area contributed by atoms with Gasteiger partial charge in [0.25, 0.3) is 0 Å². The predicted molar refractivity (Wildman–Crippen MR) is 55.5 cm³/mol. The monoisotopic (exact) mass is 278 g/mol. The van der Waals surface area contributed by atoms with Gasteiger partial charge in [-0.15, -0.1) is 0 Å². The van der Waals surface area contributed by atoms with Crippen molar-refractivity contribution < 1.29 is 9.50 Å². The zero-order valence-corrected chi connectivity index (χ0v) is 8.45. The van der Waals surface area contributed by atoms with Gasteiger partial charge in [-0.25, -0.2) is 4.39 Å². The fourth-order valence-corrected chi connectivity index (χ4v) is 1.36. The SMILES string of the molecule is OC/C=C(\I)c1ccc(F)cc1. The lowest BCUT2D eigenvalue weighted by atomic mass is 10.2. The van der Waals surface area contributed by atoms with Crippen LogP contribution in [0.15, 0.2) is 30.3 Å². The highest BCUT2D eigenvalue weighted by molar-refractivity contribution is 14.1. The number of hydrogen-bond acceptors (Lipinski definition) is 1. The molecule has 0 saturated heterocycles. The molecular weight excluding hydrogens is 270 g/mol. The lowest BCUT2D eigenvalue weighted by molar-refractivity contribution is 0.343. The van der Waals surface area contributed by atoms with Crippen molar-refractivity contribution in [2.45, 2.75) is 0 Å². The van der Waals surface area contributed by atoms with Crippen LogP contribution >= 0.6 is 22.6 Å². The van der Waals surface area contributed by atoms with Gasteiger partial charge in [0, 0.05) is 3.58 Å². The lowest BCUT2D eigenvalue weighted by Gasteiger charge is -1.97. The molecule has 0 aliphatic heterocycles. The van der Waals surface area contributed by atoms with Crippen LogP contribution < -0.4 is 0 Å². The summed E-state index contributed by atoms with van der Waals surface area (Å²) in [6, 6.07) is 6.17. The first-order valence-corrected chi connectivity index (χ1v) is 4.54. The summed E-state index contributed by atoms with van der Waals surface area (Å²) in [6.07, 6.45) is 1.67. The number of rotatable bonds is 2. The van der Waals surface area contributed by atoms with E-state index in [2.05, 4.69) is 22.6 Å². The van der Waals surface area contributed by atoms with Crippen LogP contribution in [0.3, 0.4) is 0 Å². The van der Waals surface area contributed by atoms with Crippen molar-refractivity contribution >= 4 is 26.2 Å². The first-order chi connectivity index (χ1) is 5.74. The summed E-state index contributed by atoms with van der Waals surface area (Å²) in [5, 5.41) is 8.60. The molecule has 0 unspecified atom stereocenters. The average molecular weight is 278 g/mol. The molecule has 0 atom stereocenters. The Morgan fingerprint density at radius 1 is 1.42 bits per heavy atom. The number of hydrogen-bond donors (Lipinski definition) is 1. The summed E-state index contributed by atoms with van der Waals surface area (Å²) in [5.74, 6) is -0.244. The van der Waals surface area contributed by atoms with E-state index < -0.39 is 0 Å². The zero-order valence-electron chi connectivity index (χ0n) is 6.30. The van der Waals surface area contributed by atoms with Crippen molar-refractivity contribution in [3.05, 3.63) is 41.7 Å². The molecule has 1 nitrogen and oxygen atoms in total. The lowest BCUT2D eigenvalue weighted by Crippen LogP contribution is -1.80. The Morgan fingerprint density at radius 2 is 2.00 bits per heavy atom. The minimum absolute atomic E-state index is 0.00957. The average Bonchev–Trinajstić information content (AvgIpc) is 2.06. The fourth-order valence-electron chi connectivity index (χ4n) is 0.807. The fraction of sp³-hybridized carbons (Fsp3) is 0.111. The molecule has 0 fully saturated rings. The number of aliphatic hydroxyl groups is 1. The van der Waals surface area contributed by atoms with Crippen LogP contribution in [0.4, 0.5) is 4.39 Å². The van der Waals surface area contributed by atoms with E-state index in [0.717, 1.165) is 9.14 Å². The van der Waals surface area contributed by atoms with Crippen LogP contribution in [-0.4, -0.2) is 11.7 Å². The largest absolute Gasteiger partial charge is 0.392 e. The van der Waals surface area contributed by atoms with E-state index in [9.17, 15) is 4.39 Å². The third-order valence-corrected chi connectivity index (χ3v) is 2.45. The van der Waals surface area contributed by atoms with Gasteiger partial charge in [0.05, 0.1) is 6.61 Å². The van der Waals surface area contributed by atoms with Crippen LogP contribution in [0, 0.1) is 5.82 Å². The van der Waals surface area contributed by atoms with Gasteiger partial charge in [0.15, 0.2) is 0 Å². The van der Waals surface area contributed by atoms with Crippen molar-refractivity contribution in [2.75, 3.05) is 6.61 Å². The topological polar surface area (TPSA) is 20.2 Å². The maximum atomic E-state index is 12.5. The second-order valence-corrected chi connectivity index (χ2v) is 3.40. The molecule has 1 rings (SSSR count). The van der Waals surface area contributed by atoms with Gasteiger partial charge < -0.3 is 5.11 Å². The molecule has 64 valence electrons. The minimum Gasteiger partial charge on any atom is -0.392 e. The molecule has 0 radical (unpaired) electrons. The first kappa shape index (κ1) is 9.67. The Balaban J connectivity index is 2.89. The van der Waals surface area contributed by atoms with Crippen LogP contribution in [-0.2, 0) is 0 Å². The second kappa shape index (κ2) is 4.57. The van der Waals surface area contributed by atoms with E-state index in [1.807, 2.05) is 0 Å². The molecule has 1 aromatic rings. The van der Waals surface area contributed by atoms with Gasteiger partial charge in [-0.3, -0.25) is 0 Å². The van der Waals surface area contributed by atoms with Gasteiger partial charge in [-0.05, 0) is 46.4 Å². The Morgan fingerprint density at radius 3 is 2.50 bits per heavy atom. The van der Waals surface area contributed by atoms with Crippen LogP contribution in [0.25, 0.3) is 3.58 Å². The van der Waals surface area contributed by atoms with E-state index in [1.54, 1.807) is 18.2 Å². The van der Waals surface area contributed by atoms with Gasteiger partial charge in [-0.1, -0.05) is 12.1 Å². The first-order valence-electron chi connectivity index (χ1n) is 3.46. The Bertz CT molecular complexity index is 279. The van der Waals surface area contributed by atoms with Gasteiger partial charge >= 0.3 is 0 Å². The third-order valence-electron chi connectivity index (χ3n) is 1.39. The zero-order chi connectivity index (χ0) is 8.97. The summed E-state index contributed by atoms with van der Waals surface area (Å²) in [6.45, 7) is 0.00957. The number of halogens is 2. The summed E-state index contributed by atoms with van der Waals surface area (Å²) in [7, 11) is 0. The highest BCUT2D eigenvalue weighted by atomic mass is 127. The molecule has 3 heteroatoms. The van der Waals surface area contributed by atoms with Crippen molar-refractivity contribution in [1.29, 1.82) is 0 Å². The van der Waals surface area contributed by atoms with Crippen molar-refractivity contribution in [2.24, 2.45) is 0 Å². The van der Waals surface area contributed by atoms with Crippen LogP contribution in [0.2, 0.25) is 0 Å². The van der Waals surface area contributed by atoms with Crippen molar-refractivity contribution in [3.63, 3.8) is 0 Å². The third kappa shape index (κ3) is 2.57. The van der Waals surface area contributed by atoms with Gasteiger partial charge in [-0.2, -0.15) is 0 Å². The molecule has 0 amide bonds. The normalized spacial score (nSPS) is 11.8. The molecule has 12 heavy (non-hydrogen) atoms. The van der Waals surface area contributed by atoms with Gasteiger partial charge in [0.1, 0.15) is 5.82 Å². The van der Waals surface area contributed by atoms with Gasteiger partial charge in [0.2, 0.25) is 0 Å². The maximum Gasteiger partial charge on any atom is 0.123 e. The van der Waals surface area contributed by atoms with E-state index in [1.165, 1.54) is 12.1 Å². The minimum atomic E-state index is -0.244. The summed E-state index contributed by atoms with van der Waals surface area (Å²) in [4.78, 5) is 0. The Kier molecular flexibility index (Phi) is 3.68. The maximum absolute atomic E-state index is 12.5. The molecule has 0 aliphatic carbocycles. The highest BCUT2D eigenvalue weighted by Crippen LogP contribution is 2.21. The predicted octanol–water partition coefficient (Wildman–Crippen LogP) is 2.59. The second-order valence-electron chi connectivity index (χ2n) is 2.24. The van der Waals surface area contributed by atoms with E-state index in [0.29, 0.717) is 0 Å². The van der Waals surface area contributed by atoms with Crippen molar-refractivity contribution in [1.82, 2.24) is 0 Å². The molecule has 0 bridgehead atoms. The van der Waals surface area contributed by atoms with E-state index >= 15 is 0 Å². The van der Waals surface area contributed by atoms with Crippen molar-refractivity contribution in [3.8, 4) is 0 Å². The Hall–Kier alpha value is -0.420. The molecule has 0 aliphatic rings. The molecule has 0 aromatic heterocycles. The van der Waals surface area contributed by atoms with E-state index in [-0.39, 0.29) is 12.4 Å². The van der Waals surface area contributed by atoms with Crippen LogP contribution in [0.1, 0.15) is 5.56 Å². The smallest absolute Gasteiger partial charge is 0.123 e. The van der Waals surface area contributed by atoms with E-state index in [4.69, 9.17) is 5.11 Å². The van der Waals surface area contributed by atoms with Crippen LogP contribution in [0.5, 0.6) is 0 Å². The molecule has 0 spiro atoms. The highest BCUT2D eigenvalue weighted by Gasteiger charge is 1.95. The number of benzene rings is 1. The molecule has 0 saturated carbocycles. The number of aliphatic hydroxyl groups excluding tert-OH is 1. The quantitative estimate of drug-likeness (QED) is 0.824.